The molecule has 0 spiro atoms. The second kappa shape index (κ2) is 8.26. The van der Waals surface area contributed by atoms with Gasteiger partial charge in [-0.3, -0.25) is 4.90 Å². The number of halogens is 2. The summed E-state index contributed by atoms with van der Waals surface area (Å²) in [4.78, 5) is 14.6. The number of alkyl halides is 2. The average Bonchev–Trinajstić information content (AvgIpc) is 2.92. The lowest BCUT2D eigenvalue weighted by Crippen LogP contribution is -2.49. The topological polar surface area (TPSA) is 72.1 Å². The summed E-state index contributed by atoms with van der Waals surface area (Å²) in [6.07, 6.45) is -2.72. The molecule has 27 heavy (non-hydrogen) atoms. The van der Waals surface area contributed by atoms with Crippen molar-refractivity contribution < 1.29 is 27.8 Å². The van der Waals surface area contributed by atoms with Gasteiger partial charge in [-0.2, -0.15) is 0 Å². The van der Waals surface area contributed by atoms with E-state index < -0.39 is 12.3 Å². The molecule has 0 radical (unpaired) electrons. The second-order valence-corrected chi connectivity index (χ2v) is 7.10. The van der Waals surface area contributed by atoms with Crippen molar-refractivity contribution >= 4 is 11.7 Å². The molecule has 9 heteroatoms. The Balaban J connectivity index is 1.54. The Kier molecular flexibility index (Phi) is 6.01. The molecule has 0 aliphatic carbocycles. The van der Waals surface area contributed by atoms with Crippen LogP contribution in [0.2, 0.25) is 0 Å². The number of morpholine rings is 1. The van der Waals surface area contributed by atoms with Crippen LogP contribution in [0.3, 0.4) is 0 Å². The molecule has 3 rings (SSSR count). The van der Waals surface area contributed by atoms with Gasteiger partial charge in [-0.1, -0.05) is 13.8 Å². The molecule has 0 saturated carbocycles. The highest BCUT2D eigenvalue weighted by Gasteiger charge is 2.43. The van der Waals surface area contributed by atoms with Gasteiger partial charge in [0, 0.05) is 37.4 Å². The Morgan fingerprint density at radius 2 is 1.93 bits per heavy atom. The minimum absolute atomic E-state index is 0.0599. The normalized spacial score (nSPS) is 19.7. The molecule has 2 amide bonds. The molecule has 1 aromatic rings. The van der Waals surface area contributed by atoms with E-state index in [0.29, 0.717) is 31.4 Å². The maximum atomic E-state index is 13.1. The minimum Gasteiger partial charge on any atom is -0.395 e. The Bertz CT molecular complexity index is 666. The van der Waals surface area contributed by atoms with Gasteiger partial charge < -0.3 is 24.8 Å². The summed E-state index contributed by atoms with van der Waals surface area (Å²) in [6, 6.07) is 3.94. The first-order valence-electron chi connectivity index (χ1n) is 9.09. The average molecular weight is 385 g/mol. The molecule has 1 unspecified atom stereocenters. The van der Waals surface area contributed by atoms with Crippen molar-refractivity contribution in [2.75, 3.05) is 38.2 Å². The molecule has 0 aromatic heterocycles. The molecule has 2 aliphatic heterocycles. The van der Waals surface area contributed by atoms with Crippen LogP contribution in [-0.2, 0) is 4.74 Å². The number of nitrogens with one attached hydrogen (secondary N) is 2. The van der Waals surface area contributed by atoms with E-state index in [4.69, 9.17) is 4.74 Å². The number of urea groups is 1. The highest BCUT2D eigenvalue weighted by atomic mass is 19.3. The predicted molar refractivity (Wildman–Crippen MR) is 95.3 cm³/mol. The molecule has 1 saturated heterocycles. The number of amides is 2. The lowest BCUT2D eigenvalue weighted by Gasteiger charge is -2.35. The third-order valence-corrected chi connectivity index (χ3v) is 4.46. The molecule has 1 atom stereocenters. The molecule has 150 valence electrons. The van der Waals surface area contributed by atoms with Crippen molar-refractivity contribution in [1.82, 2.24) is 10.2 Å². The maximum absolute atomic E-state index is 13.1. The molecule has 2 aliphatic rings. The fraction of sp³-hybridized carbons (Fsp3) is 0.611. The summed E-state index contributed by atoms with van der Waals surface area (Å²) < 4.78 is 40.3. The first-order valence-corrected chi connectivity index (χ1v) is 9.09. The fourth-order valence-corrected chi connectivity index (χ4v) is 3.26. The van der Waals surface area contributed by atoms with Crippen molar-refractivity contribution in [3.63, 3.8) is 0 Å². The van der Waals surface area contributed by atoms with Crippen LogP contribution in [-0.4, -0.2) is 56.1 Å². The molecule has 2 heterocycles. The number of carbonyl (C=O) groups excluding carboxylic acids is 1. The molecule has 1 fully saturated rings. The number of anilines is 1. The maximum Gasteiger partial charge on any atom is 0.586 e. The predicted octanol–water partition coefficient (Wildman–Crippen LogP) is 2.88. The quantitative estimate of drug-likeness (QED) is 0.788. The third-order valence-electron chi connectivity index (χ3n) is 4.46. The van der Waals surface area contributed by atoms with E-state index in [1.165, 1.54) is 18.2 Å². The second-order valence-electron chi connectivity index (χ2n) is 7.10. The number of nitrogens with zero attached hydrogens (tertiary/aromatic N) is 1. The van der Waals surface area contributed by atoms with Gasteiger partial charge >= 0.3 is 12.3 Å². The summed E-state index contributed by atoms with van der Waals surface area (Å²) in [7, 11) is 0. The van der Waals surface area contributed by atoms with Crippen LogP contribution in [0.15, 0.2) is 18.2 Å². The van der Waals surface area contributed by atoms with E-state index in [-0.39, 0.29) is 17.5 Å². The van der Waals surface area contributed by atoms with E-state index in [9.17, 15) is 13.6 Å². The summed E-state index contributed by atoms with van der Waals surface area (Å²) in [5.41, 5.74) is 0.347. The van der Waals surface area contributed by atoms with Crippen LogP contribution >= 0.6 is 0 Å². The molecule has 2 N–H and O–H groups in total. The Morgan fingerprint density at radius 1 is 1.22 bits per heavy atom. The SMILES string of the molecule is CC(C)CC(CNC(=O)Nc1ccc2c(c1)OC(F)(F)O2)N1CCOCC1. The van der Waals surface area contributed by atoms with Crippen molar-refractivity contribution in [2.24, 2.45) is 5.92 Å². The number of fused-ring (bicyclic) bond motifs is 1. The van der Waals surface area contributed by atoms with E-state index >= 15 is 0 Å². The highest BCUT2D eigenvalue weighted by Crippen LogP contribution is 2.42. The molecule has 1 aromatic carbocycles. The van der Waals surface area contributed by atoms with Gasteiger partial charge in [0.2, 0.25) is 0 Å². The first kappa shape index (κ1) is 19.6. The summed E-state index contributed by atoms with van der Waals surface area (Å²) in [5.74, 6) is 0.331. The van der Waals surface area contributed by atoms with Crippen LogP contribution in [0.25, 0.3) is 0 Å². The standard InChI is InChI=1S/C18H25F2N3O4/c1-12(2)9-14(23-5-7-25-8-6-23)11-21-17(24)22-13-3-4-15-16(10-13)27-18(19,20)26-15/h3-4,10,12,14H,5-9,11H2,1-2H3,(H2,21,22,24). The zero-order valence-electron chi connectivity index (χ0n) is 15.5. The van der Waals surface area contributed by atoms with Gasteiger partial charge in [-0.15, -0.1) is 8.78 Å². The van der Waals surface area contributed by atoms with Crippen LogP contribution < -0.4 is 20.1 Å². The monoisotopic (exact) mass is 385 g/mol. The van der Waals surface area contributed by atoms with Crippen LogP contribution in [0.5, 0.6) is 11.5 Å². The smallest absolute Gasteiger partial charge is 0.395 e. The minimum atomic E-state index is -3.68. The van der Waals surface area contributed by atoms with Crippen LogP contribution in [0.4, 0.5) is 19.3 Å². The zero-order chi connectivity index (χ0) is 19.4. The lowest BCUT2D eigenvalue weighted by molar-refractivity contribution is -0.286. The van der Waals surface area contributed by atoms with Crippen molar-refractivity contribution in [2.45, 2.75) is 32.6 Å². The summed E-state index contributed by atoms with van der Waals surface area (Å²) in [6.45, 7) is 7.87. The number of ether oxygens (including phenoxy) is 3. The van der Waals surface area contributed by atoms with E-state index in [1.54, 1.807) is 0 Å². The zero-order valence-corrected chi connectivity index (χ0v) is 15.5. The first-order chi connectivity index (χ1) is 12.8. The molecule has 0 bridgehead atoms. The Labute approximate surface area is 156 Å². The van der Waals surface area contributed by atoms with Gasteiger partial charge in [-0.25, -0.2) is 4.79 Å². The lowest BCUT2D eigenvalue weighted by atomic mass is 10.0. The van der Waals surface area contributed by atoms with Crippen molar-refractivity contribution in [1.29, 1.82) is 0 Å². The van der Waals surface area contributed by atoms with E-state index in [0.717, 1.165) is 19.5 Å². The number of hydrogen-bond acceptors (Lipinski definition) is 5. The van der Waals surface area contributed by atoms with Crippen molar-refractivity contribution in [3.05, 3.63) is 18.2 Å². The van der Waals surface area contributed by atoms with Gasteiger partial charge in [-0.05, 0) is 24.5 Å². The number of rotatable bonds is 6. The number of hydrogen-bond donors (Lipinski definition) is 2. The summed E-state index contributed by atoms with van der Waals surface area (Å²) >= 11 is 0. The third kappa shape index (κ3) is 5.43. The van der Waals surface area contributed by atoms with Crippen LogP contribution in [0, 0.1) is 5.92 Å². The number of carbonyl (C=O) groups is 1. The molecular weight excluding hydrogens is 360 g/mol. The van der Waals surface area contributed by atoms with Gasteiger partial charge in [0.25, 0.3) is 0 Å². The molecular formula is C18H25F2N3O4. The van der Waals surface area contributed by atoms with Gasteiger partial charge in [0.15, 0.2) is 11.5 Å². The van der Waals surface area contributed by atoms with Gasteiger partial charge in [0.05, 0.1) is 13.2 Å². The largest absolute Gasteiger partial charge is 0.586 e. The fourth-order valence-electron chi connectivity index (χ4n) is 3.26. The Morgan fingerprint density at radius 3 is 2.63 bits per heavy atom. The van der Waals surface area contributed by atoms with E-state index in [1.807, 2.05) is 0 Å². The Hall–Kier alpha value is -2.13. The van der Waals surface area contributed by atoms with E-state index in [2.05, 4.69) is 38.9 Å². The molecule has 7 nitrogen and oxygen atoms in total. The highest BCUT2D eigenvalue weighted by molar-refractivity contribution is 5.89. The number of benzene rings is 1. The summed E-state index contributed by atoms with van der Waals surface area (Å²) in [5, 5.41) is 5.50. The van der Waals surface area contributed by atoms with Crippen molar-refractivity contribution in [3.8, 4) is 11.5 Å². The van der Waals surface area contributed by atoms with Crippen LogP contribution in [0.1, 0.15) is 20.3 Å². The van der Waals surface area contributed by atoms with Gasteiger partial charge in [0.1, 0.15) is 0 Å².